The summed E-state index contributed by atoms with van der Waals surface area (Å²) in [6.45, 7) is 6.36. The molecule has 2 amide bonds. The second kappa shape index (κ2) is 7.03. The van der Waals surface area contributed by atoms with E-state index in [2.05, 4.69) is 0 Å². The quantitative estimate of drug-likeness (QED) is 0.818. The monoisotopic (exact) mass is 356 g/mol. The van der Waals surface area contributed by atoms with E-state index in [0.717, 1.165) is 44.3 Å². The van der Waals surface area contributed by atoms with Crippen molar-refractivity contribution in [2.75, 3.05) is 39.4 Å². The van der Waals surface area contributed by atoms with E-state index in [-0.39, 0.29) is 23.1 Å². The number of nitrogens with zero attached hydrogens (tertiary/aromatic N) is 2. The van der Waals surface area contributed by atoms with Crippen LogP contribution in [-0.2, 0) is 9.53 Å². The Morgan fingerprint density at radius 1 is 1.04 bits per heavy atom. The summed E-state index contributed by atoms with van der Waals surface area (Å²) in [6, 6.07) is 7.73. The van der Waals surface area contributed by atoms with E-state index in [1.807, 2.05) is 41.0 Å². The van der Waals surface area contributed by atoms with Crippen LogP contribution < -0.4 is 0 Å². The van der Waals surface area contributed by atoms with Crippen molar-refractivity contribution in [3.05, 3.63) is 35.4 Å². The summed E-state index contributed by atoms with van der Waals surface area (Å²) >= 11 is 0. The van der Waals surface area contributed by atoms with E-state index in [1.54, 1.807) is 0 Å². The van der Waals surface area contributed by atoms with Gasteiger partial charge < -0.3 is 14.5 Å². The lowest BCUT2D eigenvalue weighted by Crippen LogP contribution is -2.45. The van der Waals surface area contributed by atoms with Gasteiger partial charge in [0, 0.05) is 50.4 Å². The first-order chi connectivity index (χ1) is 12.6. The predicted octanol–water partition coefficient (Wildman–Crippen LogP) is 2.49. The minimum atomic E-state index is -0.113. The van der Waals surface area contributed by atoms with Crippen LogP contribution in [0.1, 0.15) is 41.6 Å². The van der Waals surface area contributed by atoms with Crippen LogP contribution >= 0.6 is 0 Å². The number of amides is 2. The number of benzene rings is 1. The summed E-state index contributed by atoms with van der Waals surface area (Å²) in [5, 5.41) is 0. The molecule has 0 aromatic heterocycles. The third kappa shape index (κ3) is 3.13. The third-order valence-corrected chi connectivity index (χ3v) is 6.44. The van der Waals surface area contributed by atoms with Gasteiger partial charge in [-0.25, -0.2) is 0 Å². The molecule has 26 heavy (non-hydrogen) atoms. The molecule has 0 unspecified atom stereocenters. The van der Waals surface area contributed by atoms with Gasteiger partial charge in [-0.05, 0) is 44.7 Å². The Labute approximate surface area is 155 Å². The van der Waals surface area contributed by atoms with Gasteiger partial charge in [-0.15, -0.1) is 0 Å². The molecule has 5 heteroatoms. The first-order valence-electron chi connectivity index (χ1n) is 9.82. The highest BCUT2D eigenvalue weighted by Crippen LogP contribution is 2.45. The first kappa shape index (κ1) is 17.5. The lowest BCUT2D eigenvalue weighted by atomic mass is 9.71. The molecule has 0 bridgehead atoms. The third-order valence-electron chi connectivity index (χ3n) is 6.44. The van der Waals surface area contributed by atoms with E-state index >= 15 is 0 Å². The number of carbonyl (C=O) groups is 2. The molecule has 3 aliphatic rings. The van der Waals surface area contributed by atoms with Crippen molar-refractivity contribution >= 4 is 11.8 Å². The molecule has 1 spiro atoms. The molecule has 3 fully saturated rings. The molecule has 0 saturated carbocycles. The van der Waals surface area contributed by atoms with Crippen molar-refractivity contribution in [1.29, 1.82) is 0 Å². The average molecular weight is 356 g/mol. The highest BCUT2D eigenvalue weighted by molar-refractivity contribution is 5.95. The second-order valence-corrected chi connectivity index (χ2v) is 8.11. The van der Waals surface area contributed by atoms with Crippen molar-refractivity contribution in [2.45, 2.75) is 32.6 Å². The van der Waals surface area contributed by atoms with Gasteiger partial charge in [-0.2, -0.15) is 0 Å². The molecule has 140 valence electrons. The summed E-state index contributed by atoms with van der Waals surface area (Å²) in [5.74, 6) is 0.218. The summed E-state index contributed by atoms with van der Waals surface area (Å²) in [7, 11) is 0. The number of likely N-dealkylation sites (tertiary alicyclic amines) is 2. The Balaban J connectivity index is 1.57. The molecule has 4 rings (SSSR count). The van der Waals surface area contributed by atoms with Crippen molar-refractivity contribution in [3.8, 4) is 0 Å². The van der Waals surface area contributed by atoms with Crippen molar-refractivity contribution in [3.63, 3.8) is 0 Å². The van der Waals surface area contributed by atoms with E-state index < -0.39 is 0 Å². The zero-order valence-corrected chi connectivity index (χ0v) is 15.6. The first-order valence-corrected chi connectivity index (χ1v) is 9.82. The number of rotatable bonds is 2. The van der Waals surface area contributed by atoms with Crippen LogP contribution in [0, 0.1) is 18.3 Å². The maximum absolute atomic E-state index is 13.2. The maximum atomic E-state index is 13.2. The second-order valence-electron chi connectivity index (χ2n) is 8.11. The van der Waals surface area contributed by atoms with Gasteiger partial charge >= 0.3 is 0 Å². The fraction of sp³-hybridized carbons (Fsp3) is 0.619. The van der Waals surface area contributed by atoms with E-state index in [1.165, 1.54) is 0 Å². The van der Waals surface area contributed by atoms with Gasteiger partial charge in [-0.3, -0.25) is 9.59 Å². The predicted molar refractivity (Wildman–Crippen MR) is 98.9 cm³/mol. The Morgan fingerprint density at radius 3 is 2.35 bits per heavy atom. The molecule has 0 aliphatic carbocycles. The van der Waals surface area contributed by atoms with Gasteiger partial charge in [0.25, 0.3) is 5.91 Å². The standard InChI is InChI=1S/C21H28N2O3/c1-16-4-6-17(7-5-16)19(24)23-14-18(20(25)22-10-2-3-11-22)21(15-23)8-12-26-13-9-21/h4-7,18H,2-3,8-15H2,1H3/t18-/m0/s1. The number of hydrogen-bond donors (Lipinski definition) is 0. The Bertz CT molecular complexity index is 673. The summed E-state index contributed by atoms with van der Waals surface area (Å²) in [6.07, 6.45) is 3.94. The Kier molecular flexibility index (Phi) is 4.74. The topological polar surface area (TPSA) is 49.9 Å². The lowest BCUT2D eigenvalue weighted by Gasteiger charge is -2.38. The van der Waals surface area contributed by atoms with Gasteiger partial charge in [0.2, 0.25) is 5.91 Å². The molecule has 1 aromatic carbocycles. The van der Waals surface area contributed by atoms with Crippen LogP contribution in [0.3, 0.4) is 0 Å². The number of aryl methyl sites for hydroxylation is 1. The average Bonchev–Trinajstić information content (AvgIpc) is 3.31. The number of ether oxygens (including phenoxy) is 1. The van der Waals surface area contributed by atoms with Gasteiger partial charge in [-0.1, -0.05) is 17.7 Å². The Hall–Kier alpha value is -1.88. The lowest BCUT2D eigenvalue weighted by molar-refractivity contribution is -0.139. The van der Waals surface area contributed by atoms with Crippen LogP contribution in [-0.4, -0.2) is 61.0 Å². The number of hydrogen-bond acceptors (Lipinski definition) is 3. The molecule has 3 saturated heterocycles. The Morgan fingerprint density at radius 2 is 1.69 bits per heavy atom. The fourth-order valence-corrected chi connectivity index (χ4v) is 4.78. The van der Waals surface area contributed by atoms with Crippen LogP contribution in [0.2, 0.25) is 0 Å². The van der Waals surface area contributed by atoms with Crippen LogP contribution in [0.25, 0.3) is 0 Å². The van der Waals surface area contributed by atoms with Crippen LogP contribution in [0.15, 0.2) is 24.3 Å². The molecule has 0 radical (unpaired) electrons. The van der Waals surface area contributed by atoms with Crippen molar-refractivity contribution in [2.24, 2.45) is 11.3 Å². The van der Waals surface area contributed by atoms with Crippen LogP contribution in [0.4, 0.5) is 0 Å². The molecule has 3 heterocycles. The molecule has 0 N–H and O–H groups in total. The molecule has 1 atom stereocenters. The highest BCUT2D eigenvalue weighted by Gasteiger charge is 2.52. The summed E-state index contributed by atoms with van der Waals surface area (Å²) < 4.78 is 5.57. The fourth-order valence-electron chi connectivity index (χ4n) is 4.78. The largest absolute Gasteiger partial charge is 0.381 e. The molecule has 3 aliphatic heterocycles. The van der Waals surface area contributed by atoms with Crippen molar-refractivity contribution < 1.29 is 14.3 Å². The minimum Gasteiger partial charge on any atom is -0.381 e. The van der Waals surface area contributed by atoms with Gasteiger partial charge in [0.15, 0.2) is 0 Å². The SMILES string of the molecule is Cc1ccc(C(=O)N2C[C@@H](C(=O)N3CCCC3)C3(CCOCC3)C2)cc1. The van der Waals surface area contributed by atoms with Gasteiger partial charge in [0.1, 0.15) is 0 Å². The highest BCUT2D eigenvalue weighted by atomic mass is 16.5. The molecule has 5 nitrogen and oxygen atoms in total. The summed E-state index contributed by atoms with van der Waals surface area (Å²) in [4.78, 5) is 30.2. The zero-order valence-electron chi connectivity index (χ0n) is 15.6. The van der Waals surface area contributed by atoms with Gasteiger partial charge in [0.05, 0.1) is 5.92 Å². The molecular formula is C21H28N2O3. The van der Waals surface area contributed by atoms with Crippen molar-refractivity contribution in [1.82, 2.24) is 9.80 Å². The normalized spacial score (nSPS) is 25.0. The number of carbonyl (C=O) groups excluding carboxylic acids is 2. The van der Waals surface area contributed by atoms with Crippen LogP contribution in [0.5, 0.6) is 0 Å². The minimum absolute atomic E-state index is 0.0487. The molecular weight excluding hydrogens is 328 g/mol. The molecule has 1 aromatic rings. The summed E-state index contributed by atoms with van der Waals surface area (Å²) in [5.41, 5.74) is 1.75. The zero-order chi connectivity index (χ0) is 18.1. The van der Waals surface area contributed by atoms with E-state index in [9.17, 15) is 9.59 Å². The van der Waals surface area contributed by atoms with E-state index in [4.69, 9.17) is 4.74 Å². The maximum Gasteiger partial charge on any atom is 0.253 e. The van der Waals surface area contributed by atoms with E-state index in [0.29, 0.717) is 31.9 Å². The smallest absolute Gasteiger partial charge is 0.253 e.